The minimum Gasteiger partial charge on any atom is -0.328 e. The highest BCUT2D eigenvalue weighted by atomic mass is 15.3. The van der Waals surface area contributed by atoms with Crippen molar-refractivity contribution in [3.8, 4) is 0 Å². The van der Waals surface area contributed by atoms with Crippen LogP contribution >= 0.6 is 0 Å². The fourth-order valence-corrected chi connectivity index (χ4v) is 2.51. The predicted octanol–water partition coefficient (Wildman–Crippen LogP) is 1.82. The van der Waals surface area contributed by atoms with E-state index in [-0.39, 0.29) is 0 Å². The van der Waals surface area contributed by atoms with Crippen molar-refractivity contribution in [2.75, 3.05) is 0 Å². The Bertz CT molecular complexity index is 339. The Balaban J connectivity index is 1.86. The second kappa shape index (κ2) is 5.65. The first kappa shape index (κ1) is 12.6. The molecule has 0 bridgehead atoms. The molecule has 1 heterocycles. The summed E-state index contributed by atoms with van der Waals surface area (Å²) in [5, 5.41) is 8.00. The number of hydrogen-bond acceptors (Lipinski definition) is 3. The van der Waals surface area contributed by atoms with Crippen LogP contribution < -0.4 is 11.1 Å². The van der Waals surface area contributed by atoms with Crippen molar-refractivity contribution >= 4 is 0 Å². The van der Waals surface area contributed by atoms with Crippen molar-refractivity contribution in [2.45, 2.75) is 64.2 Å². The average Bonchev–Trinajstić information content (AvgIpc) is 2.81. The van der Waals surface area contributed by atoms with Gasteiger partial charge in [0, 0.05) is 36.4 Å². The van der Waals surface area contributed by atoms with E-state index in [1.165, 1.54) is 18.4 Å². The molecule has 2 rings (SSSR count). The van der Waals surface area contributed by atoms with Crippen molar-refractivity contribution in [1.82, 2.24) is 15.1 Å². The SMILES string of the molecule is CCn1cc(C(C)NC2CCC(N)CC2)cn1. The predicted molar refractivity (Wildman–Crippen MR) is 69.7 cm³/mol. The largest absolute Gasteiger partial charge is 0.328 e. The van der Waals surface area contributed by atoms with Crippen LogP contribution in [-0.2, 0) is 6.54 Å². The number of nitrogens with two attached hydrogens (primary N) is 1. The normalized spacial score (nSPS) is 27.0. The van der Waals surface area contributed by atoms with Crippen LogP contribution in [0.15, 0.2) is 12.4 Å². The van der Waals surface area contributed by atoms with Crippen molar-refractivity contribution in [3.05, 3.63) is 18.0 Å². The first-order chi connectivity index (χ1) is 8.19. The molecule has 1 saturated carbocycles. The Morgan fingerprint density at radius 2 is 2.18 bits per heavy atom. The summed E-state index contributed by atoms with van der Waals surface area (Å²) in [6, 6.07) is 1.43. The van der Waals surface area contributed by atoms with Crippen LogP contribution in [-0.4, -0.2) is 21.9 Å². The molecule has 0 saturated heterocycles. The summed E-state index contributed by atoms with van der Waals surface area (Å²) in [6.07, 6.45) is 8.81. The van der Waals surface area contributed by atoms with Gasteiger partial charge in [-0.25, -0.2) is 0 Å². The number of nitrogens with one attached hydrogen (secondary N) is 1. The lowest BCUT2D eigenvalue weighted by atomic mass is 9.91. The summed E-state index contributed by atoms with van der Waals surface area (Å²) in [6.45, 7) is 5.26. The molecule has 17 heavy (non-hydrogen) atoms. The zero-order chi connectivity index (χ0) is 12.3. The van der Waals surface area contributed by atoms with E-state index in [1.807, 2.05) is 10.9 Å². The van der Waals surface area contributed by atoms with Gasteiger partial charge in [-0.15, -0.1) is 0 Å². The third kappa shape index (κ3) is 3.30. The Morgan fingerprint density at radius 3 is 2.76 bits per heavy atom. The van der Waals surface area contributed by atoms with Crippen LogP contribution in [0.3, 0.4) is 0 Å². The second-order valence-electron chi connectivity index (χ2n) is 5.13. The molecule has 4 nitrogen and oxygen atoms in total. The molecular formula is C13H24N4. The first-order valence-corrected chi connectivity index (χ1v) is 6.73. The lowest BCUT2D eigenvalue weighted by Crippen LogP contribution is -2.38. The summed E-state index contributed by atoms with van der Waals surface area (Å²) in [4.78, 5) is 0. The fourth-order valence-electron chi connectivity index (χ4n) is 2.51. The minimum atomic E-state index is 0.384. The van der Waals surface area contributed by atoms with Crippen molar-refractivity contribution in [1.29, 1.82) is 0 Å². The van der Waals surface area contributed by atoms with Gasteiger partial charge in [0.15, 0.2) is 0 Å². The standard InChI is InChI=1S/C13H24N4/c1-3-17-9-11(8-15-17)10(2)16-13-6-4-12(14)5-7-13/h8-10,12-13,16H,3-7,14H2,1-2H3. The average molecular weight is 236 g/mol. The molecule has 0 spiro atoms. The lowest BCUT2D eigenvalue weighted by Gasteiger charge is -2.29. The van der Waals surface area contributed by atoms with Gasteiger partial charge < -0.3 is 11.1 Å². The molecular weight excluding hydrogens is 212 g/mol. The highest BCUT2D eigenvalue weighted by molar-refractivity contribution is 5.09. The van der Waals surface area contributed by atoms with Gasteiger partial charge in [0.05, 0.1) is 6.20 Å². The molecule has 3 N–H and O–H groups in total. The summed E-state index contributed by atoms with van der Waals surface area (Å²) < 4.78 is 1.98. The van der Waals surface area contributed by atoms with Crippen LogP contribution in [0, 0.1) is 0 Å². The molecule has 0 radical (unpaired) electrons. The van der Waals surface area contributed by atoms with Crippen molar-refractivity contribution in [3.63, 3.8) is 0 Å². The number of aromatic nitrogens is 2. The third-order valence-electron chi connectivity index (χ3n) is 3.73. The number of nitrogens with zero attached hydrogens (tertiary/aromatic N) is 2. The molecule has 1 unspecified atom stereocenters. The third-order valence-corrected chi connectivity index (χ3v) is 3.73. The highest BCUT2D eigenvalue weighted by Gasteiger charge is 2.20. The van der Waals surface area contributed by atoms with Gasteiger partial charge >= 0.3 is 0 Å². The van der Waals surface area contributed by atoms with Gasteiger partial charge in [0.1, 0.15) is 0 Å². The molecule has 0 amide bonds. The maximum atomic E-state index is 5.92. The van der Waals surface area contributed by atoms with E-state index in [0.717, 1.165) is 19.4 Å². The van der Waals surface area contributed by atoms with E-state index >= 15 is 0 Å². The summed E-state index contributed by atoms with van der Waals surface area (Å²) in [7, 11) is 0. The minimum absolute atomic E-state index is 0.384. The summed E-state index contributed by atoms with van der Waals surface area (Å²) in [5.41, 5.74) is 7.20. The molecule has 1 aromatic rings. The van der Waals surface area contributed by atoms with Gasteiger partial charge in [-0.1, -0.05) is 0 Å². The Morgan fingerprint density at radius 1 is 1.47 bits per heavy atom. The van der Waals surface area contributed by atoms with Crippen LogP contribution in [0.5, 0.6) is 0 Å². The van der Waals surface area contributed by atoms with Crippen molar-refractivity contribution < 1.29 is 0 Å². The van der Waals surface area contributed by atoms with E-state index in [2.05, 4.69) is 30.5 Å². The second-order valence-corrected chi connectivity index (χ2v) is 5.13. The number of rotatable bonds is 4. The zero-order valence-corrected chi connectivity index (χ0v) is 10.9. The molecule has 1 aliphatic carbocycles. The van der Waals surface area contributed by atoms with Gasteiger partial charge in [-0.05, 0) is 39.5 Å². The number of hydrogen-bond donors (Lipinski definition) is 2. The van der Waals surface area contributed by atoms with E-state index in [0.29, 0.717) is 18.1 Å². The lowest BCUT2D eigenvalue weighted by molar-refractivity contribution is 0.322. The molecule has 1 aromatic heterocycles. The summed E-state index contributed by atoms with van der Waals surface area (Å²) in [5.74, 6) is 0. The van der Waals surface area contributed by atoms with E-state index in [9.17, 15) is 0 Å². The molecule has 4 heteroatoms. The molecule has 96 valence electrons. The number of aryl methyl sites for hydroxylation is 1. The van der Waals surface area contributed by atoms with E-state index < -0.39 is 0 Å². The van der Waals surface area contributed by atoms with Gasteiger partial charge in [0.2, 0.25) is 0 Å². The van der Waals surface area contributed by atoms with Crippen molar-refractivity contribution in [2.24, 2.45) is 5.73 Å². The molecule has 0 aromatic carbocycles. The maximum Gasteiger partial charge on any atom is 0.0537 e. The highest BCUT2D eigenvalue weighted by Crippen LogP contribution is 2.20. The summed E-state index contributed by atoms with van der Waals surface area (Å²) >= 11 is 0. The van der Waals surface area contributed by atoms with Gasteiger partial charge in [-0.3, -0.25) is 4.68 Å². The van der Waals surface area contributed by atoms with Crippen LogP contribution in [0.1, 0.15) is 51.1 Å². The first-order valence-electron chi connectivity index (χ1n) is 6.73. The quantitative estimate of drug-likeness (QED) is 0.838. The van der Waals surface area contributed by atoms with Crippen LogP contribution in [0.2, 0.25) is 0 Å². The van der Waals surface area contributed by atoms with Crippen LogP contribution in [0.4, 0.5) is 0 Å². The zero-order valence-electron chi connectivity index (χ0n) is 10.9. The van der Waals surface area contributed by atoms with Gasteiger partial charge in [0.25, 0.3) is 0 Å². The Hall–Kier alpha value is -0.870. The maximum absolute atomic E-state index is 5.92. The Labute approximate surface area is 104 Å². The molecule has 1 fully saturated rings. The van der Waals surface area contributed by atoms with Gasteiger partial charge in [-0.2, -0.15) is 5.10 Å². The fraction of sp³-hybridized carbons (Fsp3) is 0.769. The molecule has 1 atom stereocenters. The monoisotopic (exact) mass is 236 g/mol. The smallest absolute Gasteiger partial charge is 0.0537 e. The topological polar surface area (TPSA) is 55.9 Å². The van der Waals surface area contributed by atoms with E-state index in [1.54, 1.807) is 0 Å². The molecule has 1 aliphatic rings. The van der Waals surface area contributed by atoms with Crippen LogP contribution in [0.25, 0.3) is 0 Å². The van der Waals surface area contributed by atoms with E-state index in [4.69, 9.17) is 5.73 Å². The molecule has 0 aliphatic heterocycles. The Kier molecular flexibility index (Phi) is 4.18.